The van der Waals surface area contributed by atoms with E-state index in [1.54, 1.807) is 0 Å². The molecular weight excluding hydrogens is 190 g/mol. The first-order valence-electron chi connectivity index (χ1n) is 5.55. The fourth-order valence-electron chi connectivity index (χ4n) is 1.69. The van der Waals surface area contributed by atoms with Crippen molar-refractivity contribution in [1.82, 2.24) is 4.90 Å². The highest BCUT2D eigenvalue weighted by molar-refractivity contribution is 7.31. The number of piperidine rings is 1. The second-order valence-electron chi connectivity index (χ2n) is 5.37. The third-order valence-electron chi connectivity index (χ3n) is 3.19. The van der Waals surface area contributed by atoms with Gasteiger partial charge < -0.3 is 4.90 Å². The molecule has 0 aromatic rings. The average Bonchev–Trinajstić information content (AvgIpc) is 2.04. The Hall–Kier alpha value is 0.394. The number of rotatable bonds is 3. The van der Waals surface area contributed by atoms with Crippen LogP contribution in [0.2, 0.25) is 26.2 Å². The molecule has 0 N–H and O–H groups in total. The van der Waals surface area contributed by atoms with E-state index in [-0.39, 0.29) is 8.31 Å². The number of hydrogen-bond acceptors (Lipinski definition) is 1. The maximum Gasteiger partial charge on any atom is -0.00516 e. The summed E-state index contributed by atoms with van der Waals surface area (Å²) in [6.07, 6.45) is 5.82. The number of nitrogens with zero attached hydrogens (tertiary/aromatic N) is 1. The van der Waals surface area contributed by atoms with E-state index in [9.17, 15) is 0 Å². The van der Waals surface area contributed by atoms with Gasteiger partial charge in [-0.25, -0.2) is 8.31 Å². The van der Waals surface area contributed by atoms with E-state index < -0.39 is 7.59 Å². The molecule has 0 aromatic carbocycles. The molecule has 0 unspecified atom stereocenters. The van der Waals surface area contributed by atoms with Gasteiger partial charge in [-0.3, -0.25) is 0 Å². The molecule has 1 saturated heterocycles. The lowest BCUT2D eigenvalue weighted by atomic mass is 10.1. The van der Waals surface area contributed by atoms with Crippen LogP contribution < -0.4 is 0 Å². The predicted molar refractivity (Wildman–Crippen MR) is 65.3 cm³/mol. The van der Waals surface area contributed by atoms with Crippen LogP contribution in [-0.4, -0.2) is 40.1 Å². The highest BCUT2D eigenvalue weighted by Gasteiger charge is 2.14. The van der Waals surface area contributed by atoms with Crippen molar-refractivity contribution in [1.29, 1.82) is 0 Å². The number of hydrogen-bond donors (Lipinski definition) is 0. The minimum atomic E-state index is -0.784. The zero-order valence-corrected chi connectivity index (χ0v) is 11.7. The molecule has 1 heterocycles. The van der Waals surface area contributed by atoms with Crippen LogP contribution in [0, 0.1) is 0 Å². The second kappa shape index (κ2) is 4.76. The van der Waals surface area contributed by atoms with Gasteiger partial charge in [0.05, 0.1) is 0 Å². The zero-order chi connectivity index (χ0) is 9.90. The molecule has 0 bridgehead atoms. The Kier molecular flexibility index (Phi) is 4.20. The molecular formula is C10H24NSi2-. The largest absolute Gasteiger partial charge is 0.336 e. The van der Waals surface area contributed by atoms with Crippen molar-refractivity contribution in [3.8, 4) is 0 Å². The summed E-state index contributed by atoms with van der Waals surface area (Å²) < 4.78 is 0. The Morgan fingerprint density at radius 3 is 2.08 bits per heavy atom. The van der Waals surface area contributed by atoms with Crippen molar-refractivity contribution in [2.75, 3.05) is 19.3 Å². The Morgan fingerprint density at radius 1 is 1.08 bits per heavy atom. The molecule has 1 fully saturated rings. The molecule has 78 valence electrons. The van der Waals surface area contributed by atoms with Crippen molar-refractivity contribution >= 4 is 15.9 Å². The summed E-state index contributed by atoms with van der Waals surface area (Å²) >= 11 is 0. The fraction of sp³-hybridized carbons (Fsp3) is 1.00. The van der Waals surface area contributed by atoms with Crippen LogP contribution in [-0.2, 0) is 0 Å². The van der Waals surface area contributed by atoms with E-state index in [1.807, 2.05) is 0 Å². The molecule has 1 aliphatic heterocycles. The van der Waals surface area contributed by atoms with Crippen molar-refractivity contribution in [3.05, 3.63) is 0 Å². The van der Waals surface area contributed by atoms with E-state index in [0.29, 0.717) is 0 Å². The van der Waals surface area contributed by atoms with Gasteiger partial charge in [-0.2, -0.15) is 6.55 Å². The molecule has 0 saturated carbocycles. The van der Waals surface area contributed by atoms with E-state index in [1.165, 1.54) is 38.5 Å². The molecule has 3 heteroatoms. The lowest BCUT2D eigenvalue weighted by molar-refractivity contribution is 0.261. The van der Waals surface area contributed by atoms with Gasteiger partial charge in [0.2, 0.25) is 0 Å². The highest BCUT2D eigenvalue weighted by atomic mass is 29.2. The molecule has 0 aliphatic carbocycles. The normalized spacial score (nSPS) is 21.0. The zero-order valence-electron chi connectivity index (χ0n) is 9.69. The molecule has 1 nitrogen and oxygen atoms in total. The van der Waals surface area contributed by atoms with Crippen LogP contribution in [0.15, 0.2) is 0 Å². The van der Waals surface area contributed by atoms with E-state index in [0.717, 1.165) is 0 Å². The van der Waals surface area contributed by atoms with Crippen LogP contribution in [0.3, 0.4) is 0 Å². The van der Waals surface area contributed by atoms with Gasteiger partial charge in [-0.1, -0.05) is 26.1 Å². The van der Waals surface area contributed by atoms with Crippen molar-refractivity contribution in [3.63, 3.8) is 0 Å². The molecule has 1 rings (SSSR count). The maximum absolute atomic E-state index is 2.72. The molecule has 0 amide bonds. The summed E-state index contributed by atoms with van der Waals surface area (Å²) in [5.74, 6) is 0. The van der Waals surface area contributed by atoms with E-state index >= 15 is 0 Å². The molecule has 0 radical (unpaired) electrons. The molecule has 1 aliphatic rings. The van der Waals surface area contributed by atoms with Gasteiger partial charge in [0, 0.05) is 0 Å². The van der Waals surface area contributed by atoms with Crippen LogP contribution in [0.5, 0.6) is 0 Å². The Balaban J connectivity index is 2.30. The summed E-state index contributed by atoms with van der Waals surface area (Å²) in [6, 6.07) is 0. The molecule has 0 spiro atoms. The molecule has 0 atom stereocenters. The molecule has 13 heavy (non-hydrogen) atoms. The minimum absolute atomic E-state index is 0.0392. The first-order valence-corrected chi connectivity index (χ1v) is 12.3. The Morgan fingerprint density at radius 2 is 1.62 bits per heavy atom. The van der Waals surface area contributed by atoms with Crippen molar-refractivity contribution < 1.29 is 0 Å². The number of likely N-dealkylation sites (tertiary alicyclic amines) is 1. The van der Waals surface area contributed by atoms with E-state index in [2.05, 4.69) is 31.1 Å². The quantitative estimate of drug-likeness (QED) is 0.653. The Bertz CT molecular complexity index is 147. The predicted octanol–water partition coefficient (Wildman–Crippen LogP) is 2.55. The summed E-state index contributed by atoms with van der Waals surface area (Å²) in [4.78, 5) is 2.72. The van der Waals surface area contributed by atoms with E-state index in [4.69, 9.17) is 0 Å². The SMILES string of the molecule is C[Si-](CN1CCCCC1)[Si](C)(C)C. The summed E-state index contributed by atoms with van der Waals surface area (Å²) in [7, 11) is -0.824. The van der Waals surface area contributed by atoms with Gasteiger partial charge in [-0.05, 0) is 25.9 Å². The Labute approximate surface area is 85.9 Å². The fourth-order valence-corrected chi connectivity index (χ4v) is 5.25. The van der Waals surface area contributed by atoms with Gasteiger partial charge in [0.1, 0.15) is 0 Å². The summed E-state index contributed by atoms with van der Waals surface area (Å²) in [6.45, 7) is 12.9. The summed E-state index contributed by atoms with van der Waals surface area (Å²) in [5.41, 5.74) is 0. The third-order valence-corrected chi connectivity index (χ3v) is 14.8. The third kappa shape index (κ3) is 3.96. The first-order chi connectivity index (χ1) is 6.00. The second-order valence-corrected chi connectivity index (χ2v) is 18.8. The van der Waals surface area contributed by atoms with Crippen LogP contribution in [0.1, 0.15) is 19.3 Å². The highest BCUT2D eigenvalue weighted by Crippen LogP contribution is 2.12. The van der Waals surface area contributed by atoms with Crippen LogP contribution in [0.25, 0.3) is 0 Å². The van der Waals surface area contributed by atoms with Gasteiger partial charge in [-0.15, -0.1) is 13.8 Å². The van der Waals surface area contributed by atoms with Gasteiger partial charge in [0.15, 0.2) is 0 Å². The summed E-state index contributed by atoms with van der Waals surface area (Å²) in [5, 5.41) is 0. The minimum Gasteiger partial charge on any atom is -0.336 e. The first kappa shape index (κ1) is 11.5. The monoisotopic (exact) mass is 214 g/mol. The topological polar surface area (TPSA) is 3.24 Å². The maximum atomic E-state index is 2.72. The average molecular weight is 214 g/mol. The van der Waals surface area contributed by atoms with Gasteiger partial charge in [0.25, 0.3) is 0 Å². The van der Waals surface area contributed by atoms with Crippen LogP contribution in [0.4, 0.5) is 0 Å². The van der Waals surface area contributed by atoms with Gasteiger partial charge >= 0.3 is 0 Å². The standard InChI is InChI=1S/C10H24NSi2/c1-12(13(2,3)4)10-11-8-6-5-7-9-11/h5-10H2,1-4H3/q-1. The lowest BCUT2D eigenvalue weighted by Crippen LogP contribution is -2.49. The van der Waals surface area contributed by atoms with Crippen molar-refractivity contribution in [2.24, 2.45) is 0 Å². The van der Waals surface area contributed by atoms with Crippen LogP contribution >= 0.6 is 0 Å². The smallest absolute Gasteiger partial charge is 0.00516 e. The molecule has 0 aromatic heterocycles. The van der Waals surface area contributed by atoms with Crippen molar-refractivity contribution in [2.45, 2.75) is 45.5 Å². The lowest BCUT2D eigenvalue weighted by Gasteiger charge is -2.43.